The van der Waals surface area contributed by atoms with Crippen LogP contribution in [0.4, 0.5) is 0 Å². The number of allylic oxidation sites excluding steroid dienone is 1. The highest BCUT2D eigenvalue weighted by atomic mass is 16.5. The van der Waals surface area contributed by atoms with E-state index in [-0.39, 0.29) is 13.2 Å². The molecule has 29 heavy (non-hydrogen) atoms. The molecule has 1 rings (SSSR count). The summed E-state index contributed by atoms with van der Waals surface area (Å²) in [6.07, 6.45) is 19.4. The molecule has 0 saturated carbocycles. The summed E-state index contributed by atoms with van der Waals surface area (Å²) in [5, 5.41) is 29.0. The highest BCUT2D eigenvalue weighted by molar-refractivity contribution is 4.88. The summed E-state index contributed by atoms with van der Waals surface area (Å²) in [4.78, 5) is 0. The predicted octanol–water partition coefficient (Wildman–Crippen LogP) is 4.52. The fraction of sp³-hybridized carbons (Fsp3) is 0.917. The largest absolute Gasteiger partial charge is 0.388 e. The summed E-state index contributed by atoms with van der Waals surface area (Å²) >= 11 is 0. The molecule has 0 aromatic rings. The van der Waals surface area contributed by atoms with Crippen molar-refractivity contribution in [3.63, 3.8) is 0 Å². The first kappa shape index (κ1) is 26.6. The Morgan fingerprint density at radius 3 is 1.93 bits per heavy atom. The van der Waals surface area contributed by atoms with E-state index in [4.69, 9.17) is 9.47 Å². The van der Waals surface area contributed by atoms with Gasteiger partial charge in [-0.25, -0.2) is 0 Å². The lowest BCUT2D eigenvalue weighted by atomic mass is 10.0. The molecule has 1 heterocycles. The third-order valence-corrected chi connectivity index (χ3v) is 5.71. The fourth-order valence-electron chi connectivity index (χ4n) is 3.78. The SMILES string of the molecule is CCCCCCCCCCCCCCC/C=C/COC[C@H](O)[C@@H]1OC[C@@H](O)[C@@H]1O. The maximum absolute atomic E-state index is 9.93. The molecule has 0 aromatic heterocycles. The number of hydrogen-bond acceptors (Lipinski definition) is 5. The standard InChI is InChI=1S/C24H46O5/c1-2-3-4-5-6-7-8-9-10-11-12-13-14-15-16-17-18-28-19-22(26)24-23(27)21(25)20-29-24/h16-17,21-27H,2-15,18-20H2,1H3/b17-16+/t21-,22+,23+,24+/m1/s1. The molecule has 0 aliphatic carbocycles. The van der Waals surface area contributed by atoms with Gasteiger partial charge in [0.1, 0.15) is 24.4 Å². The van der Waals surface area contributed by atoms with Crippen molar-refractivity contribution >= 4 is 0 Å². The van der Waals surface area contributed by atoms with Crippen molar-refractivity contribution in [2.24, 2.45) is 0 Å². The number of aliphatic hydroxyl groups excluding tert-OH is 3. The molecule has 172 valence electrons. The van der Waals surface area contributed by atoms with Crippen molar-refractivity contribution in [2.75, 3.05) is 19.8 Å². The third-order valence-electron chi connectivity index (χ3n) is 5.71. The lowest BCUT2D eigenvalue weighted by Gasteiger charge is -2.20. The number of ether oxygens (including phenoxy) is 2. The Balaban J connectivity index is 1.80. The Morgan fingerprint density at radius 1 is 0.862 bits per heavy atom. The second-order valence-electron chi connectivity index (χ2n) is 8.46. The molecule has 1 aliphatic heterocycles. The molecular formula is C24H46O5. The van der Waals surface area contributed by atoms with Gasteiger partial charge in [-0.1, -0.05) is 96.1 Å². The van der Waals surface area contributed by atoms with Gasteiger partial charge in [-0.05, 0) is 12.8 Å². The molecule has 4 atom stereocenters. The number of hydrogen-bond donors (Lipinski definition) is 3. The Morgan fingerprint density at radius 2 is 1.41 bits per heavy atom. The summed E-state index contributed by atoms with van der Waals surface area (Å²) in [6, 6.07) is 0. The maximum Gasteiger partial charge on any atom is 0.114 e. The first-order valence-corrected chi connectivity index (χ1v) is 12.0. The van der Waals surface area contributed by atoms with Crippen molar-refractivity contribution in [1.82, 2.24) is 0 Å². The molecule has 5 nitrogen and oxygen atoms in total. The van der Waals surface area contributed by atoms with Gasteiger partial charge in [0.05, 0.1) is 19.8 Å². The van der Waals surface area contributed by atoms with E-state index in [0.717, 1.165) is 6.42 Å². The molecule has 3 N–H and O–H groups in total. The Hall–Kier alpha value is -0.460. The van der Waals surface area contributed by atoms with Gasteiger partial charge in [-0.2, -0.15) is 0 Å². The van der Waals surface area contributed by atoms with Crippen LogP contribution < -0.4 is 0 Å². The molecule has 0 spiro atoms. The lowest BCUT2D eigenvalue weighted by Crippen LogP contribution is -2.40. The average Bonchev–Trinajstić information content (AvgIpc) is 3.05. The van der Waals surface area contributed by atoms with E-state index in [1.54, 1.807) is 0 Å². The van der Waals surface area contributed by atoms with Crippen molar-refractivity contribution in [3.05, 3.63) is 12.2 Å². The summed E-state index contributed by atoms with van der Waals surface area (Å²) in [5.74, 6) is 0. The van der Waals surface area contributed by atoms with Crippen LogP contribution in [0.3, 0.4) is 0 Å². The van der Waals surface area contributed by atoms with Crippen LogP contribution in [0.1, 0.15) is 96.8 Å². The van der Waals surface area contributed by atoms with E-state index in [1.165, 1.54) is 83.5 Å². The minimum absolute atomic E-state index is 0.0575. The molecule has 0 aromatic carbocycles. The van der Waals surface area contributed by atoms with Crippen LogP contribution in [0.25, 0.3) is 0 Å². The van der Waals surface area contributed by atoms with Gasteiger partial charge in [0.2, 0.25) is 0 Å². The van der Waals surface area contributed by atoms with Crippen molar-refractivity contribution in [2.45, 2.75) is 121 Å². The van der Waals surface area contributed by atoms with Crippen LogP contribution >= 0.6 is 0 Å². The van der Waals surface area contributed by atoms with E-state index in [0.29, 0.717) is 6.61 Å². The molecule has 1 saturated heterocycles. The topological polar surface area (TPSA) is 79.2 Å². The van der Waals surface area contributed by atoms with E-state index in [9.17, 15) is 15.3 Å². The maximum atomic E-state index is 9.93. The molecule has 0 radical (unpaired) electrons. The first-order valence-electron chi connectivity index (χ1n) is 12.0. The first-order chi connectivity index (χ1) is 14.2. The molecule has 5 heteroatoms. The zero-order valence-corrected chi connectivity index (χ0v) is 18.6. The predicted molar refractivity (Wildman–Crippen MR) is 118 cm³/mol. The van der Waals surface area contributed by atoms with E-state index < -0.39 is 24.4 Å². The van der Waals surface area contributed by atoms with Crippen molar-refractivity contribution in [3.8, 4) is 0 Å². The Bertz CT molecular complexity index is 387. The molecule has 0 unspecified atom stereocenters. The summed E-state index contributed by atoms with van der Waals surface area (Å²) in [5.41, 5.74) is 0. The van der Waals surface area contributed by atoms with Crippen LogP contribution in [-0.4, -0.2) is 59.6 Å². The Labute approximate surface area is 178 Å². The van der Waals surface area contributed by atoms with Gasteiger partial charge in [0.15, 0.2) is 0 Å². The molecule has 0 amide bonds. The zero-order valence-electron chi connectivity index (χ0n) is 18.6. The monoisotopic (exact) mass is 414 g/mol. The van der Waals surface area contributed by atoms with Crippen LogP contribution in [0.5, 0.6) is 0 Å². The molecule has 1 fully saturated rings. The number of unbranched alkanes of at least 4 members (excludes halogenated alkanes) is 13. The average molecular weight is 415 g/mol. The summed E-state index contributed by atoms with van der Waals surface area (Å²) in [6.45, 7) is 2.87. The van der Waals surface area contributed by atoms with E-state index >= 15 is 0 Å². The van der Waals surface area contributed by atoms with Crippen LogP contribution in [0.2, 0.25) is 0 Å². The Kier molecular flexibility index (Phi) is 16.8. The molecule has 0 bridgehead atoms. The molecule has 1 aliphatic rings. The smallest absolute Gasteiger partial charge is 0.114 e. The van der Waals surface area contributed by atoms with E-state index in [2.05, 4.69) is 13.0 Å². The fourth-order valence-corrected chi connectivity index (χ4v) is 3.78. The van der Waals surface area contributed by atoms with Gasteiger partial charge in [-0.3, -0.25) is 0 Å². The third kappa shape index (κ3) is 13.5. The van der Waals surface area contributed by atoms with Crippen LogP contribution in [0.15, 0.2) is 12.2 Å². The molecular weight excluding hydrogens is 368 g/mol. The minimum Gasteiger partial charge on any atom is -0.388 e. The van der Waals surface area contributed by atoms with E-state index in [1.807, 2.05) is 6.08 Å². The highest BCUT2D eigenvalue weighted by Gasteiger charge is 2.39. The second kappa shape index (κ2) is 18.3. The summed E-state index contributed by atoms with van der Waals surface area (Å²) in [7, 11) is 0. The highest BCUT2D eigenvalue weighted by Crippen LogP contribution is 2.18. The van der Waals surface area contributed by atoms with Gasteiger partial charge >= 0.3 is 0 Å². The lowest BCUT2D eigenvalue weighted by molar-refractivity contribution is -0.0782. The van der Waals surface area contributed by atoms with Crippen LogP contribution in [0, 0.1) is 0 Å². The van der Waals surface area contributed by atoms with Crippen molar-refractivity contribution < 1.29 is 24.8 Å². The summed E-state index contributed by atoms with van der Waals surface area (Å²) < 4.78 is 10.6. The quantitative estimate of drug-likeness (QED) is 0.214. The number of rotatable bonds is 19. The zero-order chi connectivity index (χ0) is 21.2. The van der Waals surface area contributed by atoms with Crippen LogP contribution in [-0.2, 0) is 9.47 Å². The second-order valence-corrected chi connectivity index (χ2v) is 8.46. The van der Waals surface area contributed by atoms with Gasteiger partial charge in [0, 0.05) is 0 Å². The van der Waals surface area contributed by atoms with Crippen molar-refractivity contribution in [1.29, 1.82) is 0 Å². The normalized spacial score (nSPS) is 23.2. The van der Waals surface area contributed by atoms with Gasteiger partial charge in [0.25, 0.3) is 0 Å². The number of aliphatic hydroxyl groups is 3. The minimum atomic E-state index is -1.04. The van der Waals surface area contributed by atoms with Gasteiger partial charge < -0.3 is 24.8 Å². The van der Waals surface area contributed by atoms with Gasteiger partial charge in [-0.15, -0.1) is 0 Å².